The fourth-order valence-electron chi connectivity index (χ4n) is 1.62. The summed E-state index contributed by atoms with van der Waals surface area (Å²) in [6.07, 6.45) is -4.53. The summed E-state index contributed by atoms with van der Waals surface area (Å²) in [7, 11) is 0. The molecule has 0 fully saturated rings. The van der Waals surface area contributed by atoms with Crippen LogP contribution < -0.4 is 0 Å². The van der Waals surface area contributed by atoms with Crippen molar-refractivity contribution < 1.29 is 34.8 Å². The van der Waals surface area contributed by atoms with E-state index in [1.807, 2.05) is 60.7 Å². The van der Waals surface area contributed by atoms with Crippen LogP contribution in [0.25, 0.3) is 0 Å². The second-order valence-electron chi connectivity index (χ2n) is 4.63. The number of carbonyl (C=O) groups excluding carboxylic acids is 1. The van der Waals surface area contributed by atoms with E-state index < -0.39 is 24.1 Å². The van der Waals surface area contributed by atoms with Crippen LogP contribution in [0, 0.1) is 0 Å². The molecule has 2 aromatic carbocycles. The molecule has 2 atom stereocenters. The number of carboxylic acid groups (broad SMARTS) is 2. The lowest BCUT2D eigenvalue weighted by atomic mass is 10.0. The molecule has 2 rings (SSSR count). The van der Waals surface area contributed by atoms with Crippen LogP contribution in [-0.2, 0) is 9.59 Å². The Morgan fingerprint density at radius 3 is 1.17 bits per heavy atom. The second-order valence-corrected chi connectivity index (χ2v) is 4.63. The average Bonchev–Trinajstić information content (AvgIpc) is 2.61. The number of benzene rings is 2. The molecule has 2 unspecified atom stereocenters. The quantitative estimate of drug-likeness (QED) is 0.595. The van der Waals surface area contributed by atoms with Crippen molar-refractivity contribution in [2.24, 2.45) is 0 Å². The summed E-state index contributed by atoms with van der Waals surface area (Å²) < 4.78 is 0. The lowest BCUT2D eigenvalue weighted by Crippen LogP contribution is -2.39. The van der Waals surface area contributed by atoms with E-state index >= 15 is 0 Å². The molecule has 0 aliphatic heterocycles. The van der Waals surface area contributed by atoms with Crippen LogP contribution in [0.3, 0.4) is 0 Å². The Kier molecular flexibility index (Phi) is 7.28. The SMILES string of the molecule is O=C(O)C(O)C(O)C(=O)O.O=C(c1ccccc1)c1ccccc1. The first-order valence-corrected chi connectivity index (χ1v) is 6.81. The Hall–Kier alpha value is -3.03. The van der Waals surface area contributed by atoms with Crippen molar-refractivity contribution in [1.29, 1.82) is 0 Å². The summed E-state index contributed by atoms with van der Waals surface area (Å²) in [6.45, 7) is 0. The van der Waals surface area contributed by atoms with Crippen molar-refractivity contribution in [2.75, 3.05) is 0 Å². The summed E-state index contributed by atoms with van der Waals surface area (Å²) in [6, 6.07) is 18.6. The van der Waals surface area contributed by atoms with E-state index in [9.17, 15) is 14.4 Å². The number of aliphatic hydroxyl groups is 2. The van der Waals surface area contributed by atoms with Crippen molar-refractivity contribution in [1.82, 2.24) is 0 Å². The highest BCUT2D eigenvalue weighted by molar-refractivity contribution is 6.08. The number of rotatable bonds is 5. The molecule has 0 aliphatic carbocycles. The van der Waals surface area contributed by atoms with E-state index in [2.05, 4.69) is 0 Å². The molecule has 0 heterocycles. The topological polar surface area (TPSA) is 132 Å². The van der Waals surface area contributed by atoms with Gasteiger partial charge in [-0.25, -0.2) is 9.59 Å². The lowest BCUT2D eigenvalue weighted by Gasteiger charge is -2.07. The van der Waals surface area contributed by atoms with Crippen molar-refractivity contribution in [3.05, 3.63) is 71.8 Å². The number of carboxylic acids is 2. The van der Waals surface area contributed by atoms with Crippen molar-refractivity contribution in [2.45, 2.75) is 12.2 Å². The zero-order chi connectivity index (χ0) is 18.1. The van der Waals surface area contributed by atoms with Gasteiger partial charge in [-0.2, -0.15) is 0 Å². The number of ketones is 1. The Balaban J connectivity index is 0.000000257. The molecule has 0 radical (unpaired) electrons. The van der Waals surface area contributed by atoms with Gasteiger partial charge in [0.25, 0.3) is 0 Å². The van der Waals surface area contributed by atoms with E-state index in [0.717, 1.165) is 11.1 Å². The third-order valence-electron chi connectivity index (χ3n) is 2.88. The van der Waals surface area contributed by atoms with Crippen LogP contribution in [0.2, 0.25) is 0 Å². The summed E-state index contributed by atoms with van der Waals surface area (Å²) in [5.41, 5.74) is 1.47. The highest BCUT2D eigenvalue weighted by atomic mass is 16.4. The Bertz CT molecular complexity index is 623. The number of hydrogen-bond donors (Lipinski definition) is 4. The molecule has 0 spiro atoms. The van der Waals surface area contributed by atoms with E-state index in [4.69, 9.17) is 20.4 Å². The maximum atomic E-state index is 11.8. The first-order valence-electron chi connectivity index (χ1n) is 6.81. The summed E-state index contributed by atoms with van der Waals surface area (Å²) in [5, 5.41) is 32.5. The third kappa shape index (κ3) is 5.64. The largest absolute Gasteiger partial charge is 0.479 e. The van der Waals surface area contributed by atoms with Gasteiger partial charge in [0.1, 0.15) is 0 Å². The minimum atomic E-state index is -2.27. The van der Waals surface area contributed by atoms with Crippen molar-refractivity contribution >= 4 is 17.7 Å². The Morgan fingerprint density at radius 2 is 0.917 bits per heavy atom. The van der Waals surface area contributed by atoms with Gasteiger partial charge in [0.15, 0.2) is 18.0 Å². The Labute approximate surface area is 137 Å². The van der Waals surface area contributed by atoms with Gasteiger partial charge in [0.05, 0.1) is 0 Å². The van der Waals surface area contributed by atoms with Gasteiger partial charge < -0.3 is 20.4 Å². The molecular formula is C17H16O7. The smallest absolute Gasteiger partial charge is 0.335 e. The molecule has 24 heavy (non-hydrogen) atoms. The van der Waals surface area contributed by atoms with Crippen LogP contribution in [-0.4, -0.2) is 50.4 Å². The molecule has 0 aliphatic rings. The molecule has 7 nitrogen and oxygen atoms in total. The lowest BCUT2D eigenvalue weighted by molar-refractivity contribution is -0.165. The van der Waals surface area contributed by atoms with E-state index in [1.165, 1.54) is 0 Å². The summed E-state index contributed by atoms with van der Waals surface area (Å²) >= 11 is 0. The molecule has 4 N–H and O–H groups in total. The minimum Gasteiger partial charge on any atom is -0.479 e. The number of carbonyl (C=O) groups is 3. The normalized spacial score (nSPS) is 12.2. The molecule has 2 aromatic rings. The predicted molar refractivity (Wildman–Crippen MR) is 83.6 cm³/mol. The number of aliphatic hydroxyl groups excluding tert-OH is 2. The fourth-order valence-corrected chi connectivity index (χ4v) is 1.62. The van der Waals surface area contributed by atoms with Crippen LogP contribution >= 0.6 is 0 Å². The summed E-state index contributed by atoms with van der Waals surface area (Å²) in [4.78, 5) is 31.4. The molecule has 0 aromatic heterocycles. The van der Waals surface area contributed by atoms with Crippen LogP contribution in [0.15, 0.2) is 60.7 Å². The van der Waals surface area contributed by atoms with Gasteiger partial charge in [0, 0.05) is 11.1 Å². The van der Waals surface area contributed by atoms with E-state index in [1.54, 1.807) is 0 Å². The van der Waals surface area contributed by atoms with E-state index in [0.29, 0.717) is 0 Å². The van der Waals surface area contributed by atoms with Crippen molar-refractivity contribution in [3.8, 4) is 0 Å². The standard InChI is InChI=1S/C13H10O.C4H6O6/c14-13(11-7-3-1-4-8-11)12-9-5-2-6-10-12;5-1(3(7)8)2(6)4(9)10/h1-10H;1-2,5-6H,(H,7,8)(H,9,10). The van der Waals surface area contributed by atoms with Gasteiger partial charge in [-0.1, -0.05) is 60.7 Å². The minimum absolute atomic E-state index is 0.0752. The molecule has 0 bridgehead atoms. The van der Waals surface area contributed by atoms with Gasteiger partial charge in [-0.3, -0.25) is 4.79 Å². The van der Waals surface area contributed by atoms with Gasteiger partial charge in [0.2, 0.25) is 0 Å². The molecular weight excluding hydrogens is 316 g/mol. The highest BCUT2D eigenvalue weighted by Crippen LogP contribution is 2.08. The molecule has 126 valence electrons. The van der Waals surface area contributed by atoms with Crippen LogP contribution in [0.1, 0.15) is 15.9 Å². The predicted octanol–water partition coefficient (Wildman–Crippen LogP) is 0.795. The molecule has 0 saturated heterocycles. The monoisotopic (exact) mass is 332 g/mol. The first-order chi connectivity index (χ1) is 11.3. The first kappa shape index (κ1) is 19.0. The molecule has 0 saturated carbocycles. The van der Waals surface area contributed by atoms with Gasteiger partial charge in [-0.05, 0) is 0 Å². The maximum Gasteiger partial charge on any atom is 0.335 e. The zero-order valence-corrected chi connectivity index (χ0v) is 12.4. The molecule has 0 amide bonds. The molecule has 7 heteroatoms. The average molecular weight is 332 g/mol. The Morgan fingerprint density at radius 1 is 0.625 bits per heavy atom. The third-order valence-corrected chi connectivity index (χ3v) is 2.88. The van der Waals surface area contributed by atoms with Crippen LogP contribution in [0.4, 0.5) is 0 Å². The van der Waals surface area contributed by atoms with Crippen molar-refractivity contribution in [3.63, 3.8) is 0 Å². The van der Waals surface area contributed by atoms with Crippen LogP contribution in [0.5, 0.6) is 0 Å². The fraction of sp³-hybridized carbons (Fsp3) is 0.118. The van der Waals surface area contributed by atoms with E-state index in [-0.39, 0.29) is 5.78 Å². The van der Waals surface area contributed by atoms with Gasteiger partial charge in [-0.15, -0.1) is 0 Å². The number of aliphatic carboxylic acids is 2. The second kappa shape index (κ2) is 9.19. The zero-order valence-electron chi connectivity index (χ0n) is 12.4. The number of hydrogen-bond acceptors (Lipinski definition) is 5. The highest BCUT2D eigenvalue weighted by Gasteiger charge is 2.29. The summed E-state index contributed by atoms with van der Waals surface area (Å²) in [5.74, 6) is -3.46. The maximum absolute atomic E-state index is 11.8. The van der Waals surface area contributed by atoms with Gasteiger partial charge >= 0.3 is 11.9 Å².